The maximum Gasteiger partial charge on any atom is 0.309 e. The van der Waals surface area contributed by atoms with Crippen LogP contribution in [0, 0.1) is 0 Å². The van der Waals surface area contributed by atoms with Gasteiger partial charge in [-0.1, -0.05) is 0 Å². The SMILES string of the molecule is COC(=O)CCC(=O)OCOC(=O)CCC(=O)Nc1ccc(O)cc1. The van der Waals surface area contributed by atoms with Gasteiger partial charge in [0.1, 0.15) is 5.75 Å². The molecule has 136 valence electrons. The van der Waals surface area contributed by atoms with Crippen LogP contribution in [0.5, 0.6) is 5.75 Å². The number of phenolic OH excluding ortho intramolecular Hbond substituents is 1. The van der Waals surface area contributed by atoms with Crippen molar-refractivity contribution in [2.45, 2.75) is 25.7 Å². The smallest absolute Gasteiger partial charge is 0.309 e. The van der Waals surface area contributed by atoms with Crippen LogP contribution in [0.4, 0.5) is 5.69 Å². The van der Waals surface area contributed by atoms with Crippen LogP contribution >= 0.6 is 0 Å². The summed E-state index contributed by atoms with van der Waals surface area (Å²) in [6, 6.07) is 5.86. The number of ether oxygens (including phenoxy) is 3. The number of anilines is 1. The standard InChI is InChI=1S/C16H19NO8/c1-23-14(20)8-9-16(22)25-10-24-15(21)7-6-13(19)17-11-2-4-12(18)5-3-11/h2-5,18H,6-10H2,1H3,(H,17,19). The summed E-state index contributed by atoms with van der Waals surface area (Å²) in [6.45, 7) is -0.585. The molecule has 0 aliphatic carbocycles. The highest BCUT2D eigenvalue weighted by Gasteiger charge is 2.11. The zero-order valence-corrected chi connectivity index (χ0v) is 13.6. The maximum absolute atomic E-state index is 11.7. The zero-order valence-electron chi connectivity index (χ0n) is 13.6. The molecule has 0 heterocycles. The summed E-state index contributed by atoms with van der Waals surface area (Å²) in [5, 5.41) is 11.7. The molecule has 0 aliphatic heterocycles. The number of aromatic hydroxyl groups is 1. The van der Waals surface area contributed by atoms with E-state index in [9.17, 15) is 19.2 Å². The van der Waals surface area contributed by atoms with E-state index in [-0.39, 0.29) is 31.4 Å². The van der Waals surface area contributed by atoms with Crippen molar-refractivity contribution < 1.29 is 38.5 Å². The Balaban J connectivity index is 2.15. The lowest BCUT2D eigenvalue weighted by Crippen LogP contribution is -2.17. The molecule has 1 aromatic carbocycles. The minimum atomic E-state index is -0.707. The average molecular weight is 353 g/mol. The number of hydrogen-bond acceptors (Lipinski definition) is 8. The Hall–Kier alpha value is -3.10. The van der Waals surface area contributed by atoms with Gasteiger partial charge in [0.2, 0.25) is 12.7 Å². The molecule has 0 radical (unpaired) electrons. The van der Waals surface area contributed by atoms with Gasteiger partial charge < -0.3 is 24.6 Å². The third kappa shape index (κ3) is 8.94. The number of rotatable bonds is 9. The molecule has 0 saturated heterocycles. The number of hydrogen-bond donors (Lipinski definition) is 2. The number of carbonyl (C=O) groups is 4. The van der Waals surface area contributed by atoms with E-state index >= 15 is 0 Å². The van der Waals surface area contributed by atoms with Gasteiger partial charge >= 0.3 is 17.9 Å². The van der Waals surface area contributed by atoms with Crippen LogP contribution in [-0.4, -0.2) is 42.8 Å². The highest BCUT2D eigenvalue weighted by atomic mass is 16.7. The second-order valence-electron chi connectivity index (χ2n) is 4.82. The largest absolute Gasteiger partial charge is 0.508 e. The Morgan fingerprint density at radius 3 is 1.96 bits per heavy atom. The van der Waals surface area contributed by atoms with Crippen LogP contribution in [0.1, 0.15) is 25.7 Å². The molecule has 0 bridgehead atoms. The second kappa shape index (κ2) is 10.6. The molecule has 1 amide bonds. The zero-order chi connectivity index (χ0) is 18.7. The first-order valence-electron chi connectivity index (χ1n) is 7.37. The predicted octanol–water partition coefficient (Wildman–Crippen LogP) is 1.11. The van der Waals surface area contributed by atoms with Crippen molar-refractivity contribution in [1.82, 2.24) is 0 Å². The Morgan fingerprint density at radius 1 is 0.880 bits per heavy atom. The number of phenols is 1. The number of nitrogens with one attached hydrogen (secondary N) is 1. The third-order valence-corrected chi connectivity index (χ3v) is 2.91. The molecular formula is C16H19NO8. The van der Waals surface area contributed by atoms with Crippen LogP contribution in [0.25, 0.3) is 0 Å². The highest BCUT2D eigenvalue weighted by Crippen LogP contribution is 2.14. The van der Waals surface area contributed by atoms with Gasteiger partial charge in [-0.25, -0.2) is 0 Å². The van der Waals surface area contributed by atoms with Crippen molar-refractivity contribution in [1.29, 1.82) is 0 Å². The third-order valence-electron chi connectivity index (χ3n) is 2.91. The van der Waals surface area contributed by atoms with Crippen LogP contribution in [0.3, 0.4) is 0 Å². The van der Waals surface area contributed by atoms with Crippen molar-refractivity contribution >= 4 is 29.5 Å². The van der Waals surface area contributed by atoms with E-state index < -0.39 is 30.6 Å². The van der Waals surface area contributed by atoms with Crippen molar-refractivity contribution in [3.63, 3.8) is 0 Å². The van der Waals surface area contributed by atoms with Crippen molar-refractivity contribution in [2.24, 2.45) is 0 Å². The summed E-state index contributed by atoms with van der Waals surface area (Å²) >= 11 is 0. The maximum atomic E-state index is 11.7. The summed E-state index contributed by atoms with van der Waals surface area (Å²) in [5.41, 5.74) is 0.482. The Kier molecular flexibility index (Phi) is 8.48. The number of amides is 1. The van der Waals surface area contributed by atoms with Crippen LogP contribution in [0.2, 0.25) is 0 Å². The first-order valence-corrected chi connectivity index (χ1v) is 7.37. The van der Waals surface area contributed by atoms with Gasteiger partial charge in [0, 0.05) is 12.1 Å². The lowest BCUT2D eigenvalue weighted by molar-refractivity contribution is -0.168. The number of methoxy groups -OCH3 is 1. The molecule has 2 N–H and O–H groups in total. The molecule has 0 unspecified atom stereocenters. The first kappa shape index (κ1) is 19.9. The van der Waals surface area contributed by atoms with Crippen molar-refractivity contribution in [3.8, 4) is 5.75 Å². The molecular weight excluding hydrogens is 334 g/mol. The van der Waals surface area contributed by atoms with E-state index in [4.69, 9.17) is 5.11 Å². The van der Waals surface area contributed by atoms with Gasteiger partial charge in [-0.15, -0.1) is 0 Å². The summed E-state index contributed by atoms with van der Waals surface area (Å²) < 4.78 is 13.6. The number of benzene rings is 1. The van der Waals surface area contributed by atoms with Gasteiger partial charge in [-0.2, -0.15) is 0 Å². The van der Waals surface area contributed by atoms with Gasteiger partial charge in [-0.3, -0.25) is 19.2 Å². The molecule has 0 fully saturated rings. The fourth-order valence-corrected chi connectivity index (χ4v) is 1.60. The van der Waals surface area contributed by atoms with Crippen molar-refractivity contribution in [3.05, 3.63) is 24.3 Å². The van der Waals surface area contributed by atoms with E-state index in [1.54, 1.807) is 0 Å². The number of carbonyl (C=O) groups excluding carboxylic acids is 4. The summed E-state index contributed by atoms with van der Waals surface area (Å²) in [7, 11) is 1.20. The molecule has 0 aliphatic rings. The minimum Gasteiger partial charge on any atom is -0.508 e. The van der Waals surface area contributed by atoms with E-state index in [0.717, 1.165) is 0 Å². The van der Waals surface area contributed by atoms with Gasteiger partial charge in [0.05, 0.1) is 26.4 Å². The summed E-state index contributed by atoms with van der Waals surface area (Å²) in [6.07, 6.45) is -0.612. The van der Waals surface area contributed by atoms with E-state index in [1.165, 1.54) is 31.4 Å². The molecule has 0 saturated carbocycles. The Morgan fingerprint density at radius 2 is 1.40 bits per heavy atom. The molecule has 9 heteroatoms. The van der Waals surface area contributed by atoms with E-state index in [1.807, 2.05) is 0 Å². The van der Waals surface area contributed by atoms with Crippen LogP contribution < -0.4 is 5.32 Å². The topological polar surface area (TPSA) is 128 Å². The molecule has 1 aromatic rings. The number of esters is 3. The first-order chi connectivity index (χ1) is 11.9. The molecule has 0 atom stereocenters. The van der Waals surface area contributed by atoms with Gasteiger partial charge in [0.25, 0.3) is 0 Å². The Bertz CT molecular complexity index is 611. The molecule has 25 heavy (non-hydrogen) atoms. The Labute approximate surface area is 143 Å². The lowest BCUT2D eigenvalue weighted by Gasteiger charge is -2.07. The minimum absolute atomic E-state index is 0.0720. The fraction of sp³-hybridized carbons (Fsp3) is 0.375. The molecule has 0 aromatic heterocycles. The molecule has 1 rings (SSSR count). The van der Waals surface area contributed by atoms with E-state index in [0.29, 0.717) is 5.69 Å². The van der Waals surface area contributed by atoms with Crippen LogP contribution in [-0.2, 0) is 33.4 Å². The fourth-order valence-electron chi connectivity index (χ4n) is 1.60. The second-order valence-corrected chi connectivity index (χ2v) is 4.82. The average Bonchev–Trinajstić information content (AvgIpc) is 2.59. The molecule has 0 spiro atoms. The predicted molar refractivity (Wildman–Crippen MR) is 84.3 cm³/mol. The normalized spacial score (nSPS) is 9.80. The highest BCUT2D eigenvalue weighted by molar-refractivity contribution is 5.92. The molecule has 9 nitrogen and oxygen atoms in total. The lowest BCUT2D eigenvalue weighted by atomic mass is 10.2. The summed E-state index contributed by atoms with van der Waals surface area (Å²) in [4.78, 5) is 45.2. The van der Waals surface area contributed by atoms with Gasteiger partial charge in [-0.05, 0) is 24.3 Å². The quantitative estimate of drug-likeness (QED) is 0.384. The van der Waals surface area contributed by atoms with Crippen molar-refractivity contribution in [2.75, 3.05) is 19.2 Å². The monoisotopic (exact) mass is 353 g/mol. The summed E-state index contributed by atoms with van der Waals surface area (Å²) in [5.74, 6) is -2.29. The van der Waals surface area contributed by atoms with Gasteiger partial charge in [0.15, 0.2) is 0 Å². The van der Waals surface area contributed by atoms with E-state index in [2.05, 4.69) is 19.5 Å². The van der Waals surface area contributed by atoms with Crippen LogP contribution in [0.15, 0.2) is 24.3 Å².